The zero-order valence-corrected chi connectivity index (χ0v) is 26.0. The highest BCUT2D eigenvalue weighted by Crippen LogP contribution is 2.29. The van der Waals surface area contributed by atoms with Crippen LogP contribution in [0.25, 0.3) is 0 Å². The minimum absolute atomic E-state index is 0.0280. The monoisotopic (exact) mass is 597 g/mol. The van der Waals surface area contributed by atoms with Crippen LogP contribution >= 0.6 is 11.6 Å². The summed E-state index contributed by atoms with van der Waals surface area (Å²) in [6.45, 7) is 7.46. The Morgan fingerprint density at radius 3 is 2.15 bits per heavy atom. The topological polar surface area (TPSA) is 86.8 Å². The molecule has 220 valence electrons. The van der Waals surface area contributed by atoms with Crippen molar-refractivity contribution in [3.05, 3.63) is 101 Å². The summed E-state index contributed by atoms with van der Waals surface area (Å²) in [4.78, 5) is 29.5. The van der Waals surface area contributed by atoms with E-state index in [4.69, 9.17) is 11.6 Å². The van der Waals surface area contributed by atoms with Gasteiger partial charge >= 0.3 is 0 Å². The van der Waals surface area contributed by atoms with Gasteiger partial charge in [-0.3, -0.25) is 13.9 Å². The van der Waals surface area contributed by atoms with Gasteiger partial charge in [-0.25, -0.2) is 8.42 Å². The molecule has 2 unspecified atom stereocenters. The first kappa shape index (κ1) is 32.2. The predicted octanol–water partition coefficient (Wildman–Crippen LogP) is 5.78. The highest BCUT2D eigenvalue weighted by molar-refractivity contribution is 7.92. The lowest BCUT2D eigenvalue weighted by Crippen LogP contribution is -2.54. The summed E-state index contributed by atoms with van der Waals surface area (Å²) in [5.74, 6) is -0.762. The number of halogens is 1. The summed E-state index contributed by atoms with van der Waals surface area (Å²) < 4.78 is 27.4. The fraction of sp³-hybridized carbons (Fsp3) is 0.375. The zero-order valence-electron chi connectivity index (χ0n) is 24.4. The SMILES string of the molecule is CCC(C)NC(=O)C(Cc1ccccc1)N(Cc1cccc(Cl)c1)C(=O)CN(c1ccccc1C(C)C)S(C)(=O)=O. The Bertz CT molecular complexity index is 1430. The third kappa shape index (κ3) is 9.07. The molecule has 0 aromatic heterocycles. The van der Waals surface area contributed by atoms with Gasteiger partial charge < -0.3 is 10.2 Å². The van der Waals surface area contributed by atoms with Crippen LogP contribution in [0, 0.1) is 0 Å². The van der Waals surface area contributed by atoms with Crippen molar-refractivity contribution >= 4 is 39.1 Å². The molecule has 2 atom stereocenters. The normalized spacial score (nSPS) is 13.0. The van der Waals surface area contributed by atoms with Crippen LogP contribution < -0.4 is 9.62 Å². The second-order valence-electron chi connectivity index (χ2n) is 10.7. The molecule has 0 aliphatic rings. The number of nitrogens with one attached hydrogen (secondary N) is 1. The van der Waals surface area contributed by atoms with E-state index >= 15 is 0 Å². The maximum absolute atomic E-state index is 14.2. The molecule has 9 heteroatoms. The third-order valence-corrected chi connectivity index (χ3v) is 8.38. The number of benzene rings is 3. The molecule has 0 saturated heterocycles. The first-order valence-electron chi connectivity index (χ1n) is 13.9. The van der Waals surface area contributed by atoms with E-state index in [1.807, 2.05) is 76.2 Å². The minimum Gasteiger partial charge on any atom is -0.352 e. The number of hydrogen-bond donors (Lipinski definition) is 1. The van der Waals surface area contributed by atoms with Crippen LogP contribution in [0.4, 0.5) is 5.69 Å². The first-order chi connectivity index (χ1) is 19.4. The van der Waals surface area contributed by atoms with Crippen LogP contribution in [0.5, 0.6) is 0 Å². The molecule has 0 radical (unpaired) electrons. The van der Waals surface area contributed by atoms with E-state index in [1.54, 1.807) is 30.3 Å². The second kappa shape index (κ2) is 14.5. The number of anilines is 1. The molecular weight excluding hydrogens is 558 g/mol. The van der Waals surface area contributed by atoms with E-state index in [2.05, 4.69) is 5.32 Å². The molecule has 0 saturated carbocycles. The highest BCUT2D eigenvalue weighted by atomic mass is 35.5. The molecule has 0 fully saturated rings. The van der Waals surface area contributed by atoms with E-state index in [-0.39, 0.29) is 30.8 Å². The molecule has 3 rings (SSSR count). The summed E-state index contributed by atoms with van der Waals surface area (Å²) in [5, 5.41) is 3.53. The Hall–Kier alpha value is -3.36. The lowest BCUT2D eigenvalue weighted by molar-refractivity contribution is -0.140. The fourth-order valence-corrected chi connectivity index (χ4v) is 5.71. The maximum atomic E-state index is 14.2. The van der Waals surface area contributed by atoms with Gasteiger partial charge in [0, 0.05) is 24.0 Å². The van der Waals surface area contributed by atoms with Gasteiger partial charge in [0.1, 0.15) is 12.6 Å². The van der Waals surface area contributed by atoms with Gasteiger partial charge in [-0.05, 0) is 54.2 Å². The van der Waals surface area contributed by atoms with Gasteiger partial charge in [0.15, 0.2) is 0 Å². The van der Waals surface area contributed by atoms with Crippen LogP contribution in [-0.4, -0.2) is 50.0 Å². The Balaban J connectivity index is 2.10. The lowest BCUT2D eigenvalue weighted by atomic mass is 10.0. The molecule has 7 nitrogen and oxygen atoms in total. The summed E-state index contributed by atoms with van der Waals surface area (Å²) in [6, 6.07) is 22.8. The predicted molar refractivity (Wildman–Crippen MR) is 167 cm³/mol. The molecule has 1 N–H and O–H groups in total. The number of para-hydroxylation sites is 1. The maximum Gasteiger partial charge on any atom is 0.244 e. The summed E-state index contributed by atoms with van der Waals surface area (Å²) in [5.41, 5.74) is 2.87. The number of amides is 2. The van der Waals surface area contributed by atoms with E-state index in [0.29, 0.717) is 10.7 Å². The van der Waals surface area contributed by atoms with Crippen LogP contribution in [0.2, 0.25) is 5.02 Å². The molecule has 0 spiro atoms. The molecule has 0 aliphatic heterocycles. The third-order valence-electron chi connectivity index (χ3n) is 7.02. The van der Waals surface area contributed by atoms with Crippen molar-refractivity contribution in [1.82, 2.24) is 10.2 Å². The number of hydrogen-bond acceptors (Lipinski definition) is 4. The van der Waals surface area contributed by atoms with Gasteiger partial charge in [0.25, 0.3) is 0 Å². The largest absolute Gasteiger partial charge is 0.352 e. The quantitative estimate of drug-likeness (QED) is 0.270. The number of sulfonamides is 1. The molecule has 0 aliphatic carbocycles. The van der Waals surface area contributed by atoms with Crippen LogP contribution in [0.15, 0.2) is 78.9 Å². The fourth-order valence-electron chi connectivity index (χ4n) is 4.62. The average Bonchev–Trinajstić information content (AvgIpc) is 2.93. The van der Waals surface area contributed by atoms with Gasteiger partial charge in [0.05, 0.1) is 11.9 Å². The van der Waals surface area contributed by atoms with Gasteiger partial charge in [0.2, 0.25) is 21.8 Å². The molecule has 41 heavy (non-hydrogen) atoms. The summed E-state index contributed by atoms with van der Waals surface area (Å²) in [6.07, 6.45) is 2.08. The summed E-state index contributed by atoms with van der Waals surface area (Å²) >= 11 is 6.27. The van der Waals surface area contributed by atoms with Crippen LogP contribution in [0.1, 0.15) is 56.7 Å². The zero-order chi connectivity index (χ0) is 30.2. The Labute approximate surface area is 249 Å². The Kier molecular flexibility index (Phi) is 11.4. The molecule has 3 aromatic carbocycles. The standard InChI is InChI=1S/C32H40ClN3O4S/c1-6-24(4)34-32(38)30(20-25-13-8-7-9-14-25)35(21-26-15-12-16-27(33)19-26)31(37)22-36(41(5,39)40)29-18-11-10-17-28(29)23(2)3/h7-19,23-24,30H,6,20-22H2,1-5H3,(H,34,38). The second-order valence-corrected chi connectivity index (χ2v) is 13.0. The van der Waals surface area contributed by atoms with Crippen LogP contribution in [-0.2, 0) is 32.6 Å². The number of carbonyl (C=O) groups is 2. The molecular formula is C32H40ClN3O4S. The molecule has 3 aromatic rings. The first-order valence-corrected chi connectivity index (χ1v) is 16.1. The molecule has 0 heterocycles. The van der Waals surface area contributed by atoms with Gasteiger partial charge in [-0.1, -0.05) is 93.0 Å². The van der Waals surface area contributed by atoms with Crippen molar-refractivity contribution in [2.24, 2.45) is 0 Å². The van der Waals surface area contributed by atoms with Crippen molar-refractivity contribution in [2.45, 2.75) is 65.1 Å². The summed E-state index contributed by atoms with van der Waals surface area (Å²) in [7, 11) is -3.85. The number of nitrogens with zero attached hydrogens (tertiary/aromatic N) is 2. The van der Waals surface area contributed by atoms with Crippen molar-refractivity contribution in [3.8, 4) is 0 Å². The molecule has 0 bridgehead atoms. The Morgan fingerprint density at radius 1 is 0.902 bits per heavy atom. The van der Waals surface area contributed by atoms with Gasteiger partial charge in [-0.2, -0.15) is 0 Å². The van der Waals surface area contributed by atoms with Crippen molar-refractivity contribution < 1.29 is 18.0 Å². The highest BCUT2D eigenvalue weighted by Gasteiger charge is 2.34. The smallest absolute Gasteiger partial charge is 0.244 e. The minimum atomic E-state index is -3.85. The lowest BCUT2D eigenvalue weighted by Gasteiger charge is -2.34. The number of carbonyl (C=O) groups excluding carboxylic acids is 2. The van der Waals surface area contributed by atoms with E-state index in [0.717, 1.165) is 33.7 Å². The molecule has 2 amide bonds. The number of rotatable bonds is 13. The van der Waals surface area contributed by atoms with E-state index < -0.39 is 28.5 Å². The van der Waals surface area contributed by atoms with Crippen LogP contribution in [0.3, 0.4) is 0 Å². The van der Waals surface area contributed by atoms with Crippen molar-refractivity contribution in [2.75, 3.05) is 17.1 Å². The van der Waals surface area contributed by atoms with Crippen molar-refractivity contribution in [1.29, 1.82) is 0 Å². The van der Waals surface area contributed by atoms with E-state index in [9.17, 15) is 18.0 Å². The van der Waals surface area contributed by atoms with E-state index in [1.165, 1.54) is 4.90 Å². The average molecular weight is 598 g/mol. The van der Waals surface area contributed by atoms with Gasteiger partial charge in [-0.15, -0.1) is 0 Å². The van der Waals surface area contributed by atoms with Crippen molar-refractivity contribution in [3.63, 3.8) is 0 Å². The Morgan fingerprint density at radius 2 is 1.54 bits per heavy atom.